The lowest BCUT2D eigenvalue weighted by atomic mass is 10.0. The molecule has 6 nitrogen and oxygen atoms in total. The normalized spacial score (nSPS) is 15.9. The largest absolute Gasteiger partial charge is 0.504 e. The zero-order valence-electron chi connectivity index (χ0n) is 14.4. The number of rotatable bonds is 3. The van der Waals surface area contributed by atoms with Crippen molar-refractivity contribution in [3.05, 3.63) is 76.9 Å². The van der Waals surface area contributed by atoms with E-state index in [2.05, 4.69) is 10.3 Å². The van der Waals surface area contributed by atoms with Gasteiger partial charge in [0.05, 0.1) is 17.7 Å². The molecule has 7 heteroatoms. The molecule has 0 bridgehead atoms. The van der Waals surface area contributed by atoms with Crippen LogP contribution in [0.25, 0.3) is 0 Å². The van der Waals surface area contributed by atoms with E-state index >= 15 is 0 Å². The molecular formula is C20H16ClN3O3. The third-order valence-electron chi connectivity index (χ3n) is 4.40. The van der Waals surface area contributed by atoms with Gasteiger partial charge in [-0.15, -0.1) is 0 Å². The average Bonchev–Trinajstić information content (AvgIpc) is 2.69. The molecule has 0 spiro atoms. The predicted molar refractivity (Wildman–Crippen MR) is 104 cm³/mol. The van der Waals surface area contributed by atoms with Crippen molar-refractivity contribution in [2.45, 2.75) is 6.17 Å². The van der Waals surface area contributed by atoms with Crippen molar-refractivity contribution in [1.29, 1.82) is 0 Å². The lowest BCUT2D eigenvalue weighted by Crippen LogP contribution is -2.43. The number of amides is 1. The molecular weight excluding hydrogens is 366 g/mol. The van der Waals surface area contributed by atoms with Gasteiger partial charge in [-0.3, -0.25) is 9.69 Å². The van der Waals surface area contributed by atoms with Crippen LogP contribution in [0.3, 0.4) is 0 Å². The number of methoxy groups -OCH3 is 1. The van der Waals surface area contributed by atoms with Crippen molar-refractivity contribution < 1.29 is 14.6 Å². The van der Waals surface area contributed by atoms with E-state index in [-0.39, 0.29) is 11.7 Å². The smallest absolute Gasteiger partial charge is 0.263 e. The first-order valence-electron chi connectivity index (χ1n) is 8.26. The van der Waals surface area contributed by atoms with Crippen molar-refractivity contribution in [2.75, 3.05) is 17.3 Å². The lowest BCUT2D eigenvalue weighted by molar-refractivity contribution is 0.0974. The van der Waals surface area contributed by atoms with Crippen LogP contribution >= 0.6 is 11.6 Å². The SMILES string of the molecule is COc1cc([C@@H]2Nc3ccccc3C(=O)N2c2ccc(Cl)cn2)ccc1O. The number of aromatic hydroxyl groups is 1. The highest BCUT2D eigenvalue weighted by Crippen LogP contribution is 2.38. The van der Waals surface area contributed by atoms with Crippen molar-refractivity contribution in [3.63, 3.8) is 0 Å². The number of carbonyl (C=O) groups excluding carboxylic acids is 1. The number of hydrogen-bond donors (Lipinski definition) is 2. The van der Waals surface area contributed by atoms with Gasteiger partial charge in [0, 0.05) is 11.9 Å². The summed E-state index contributed by atoms with van der Waals surface area (Å²) in [6, 6.07) is 15.6. The van der Waals surface area contributed by atoms with Crippen LogP contribution in [0.1, 0.15) is 22.1 Å². The standard InChI is InChI=1S/C20H16ClN3O3/c1-27-17-10-12(6-8-16(17)25)19-23-15-5-3-2-4-14(15)20(26)24(19)18-9-7-13(21)11-22-18/h2-11,19,23,25H,1H3/t19-/m1/s1. The van der Waals surface area contributed by atoms with E-state index in [1.807, 2.05) is 18.2 Å². The fourth-order valence-electron chi connectivity index (χ4n) is 3.10. The molecule has 136 valence electrons. The summed E-state index contributed by atoms with van der Waals surface area (Å²) in [4.78, 5) is 19.1. The van der Waals surface area contributed by atoms with Gasteiger partial charge >= 0.3 is 0 Å². The second-order valence-electron chi connectivity index (χ2n) is 6.03. The van der Waals surface area contributed by atoms with Gasteiger partial charge in [0.1, 0.15) is 12.0 Å². The molecule has 0 fully saturated rings. The summed E-state index contributed by atoms with van der Waals surface area (Å²) in [6.45, 7) is 0. The number of nitrogens with zero attached hydrogens (tertiary/aromatic N) is 2. The van der Waals surface area contributed by atoms with Gasteiger partial charge in [-0.1, -0.05) is 29.8 Å². The maximum Gasteiger partial charge on any atom is 0.263 e. The maximum atomic E-state index is 13.2. The quantitative estimate of drug-likeness (QED) is 0.710. The van der Waals surface area contributed by atoms with Crippen molar-refractivity contribution in [1.82, 2.24) is 4.98 Å². The van der Waals surface area contributed by atoms with Gasteiger partial charge in [0.15, 0.2) is 11.5 Å². The summed E-state index contributed by atoms with van der Waals surface area (Å²) in [7, 11) is 1.48. The Labute approximate surface area is 161 Å². The number of phenolic OH excluding ortho intramolecular Hbond substituents is 1. The minimum atomic E-state index is -0.532. The Kier molecular flexibility index (Phi) is 4.33. The molecule has 0 unspecified atom stereocenters. The third kappa shape index (κ3) is 3.04. The molecule has 1 aliphatic heterocycles. The van der Waals surface area contributed by atoms with Gasteiger partial charge in [-0.2, -0.15) is 0 Å². The number of pyridine rings is 1. The van der Waals surface area contributed by atoms with Crippen molar-refractivity contribution in [2.24, 2.45) is 0 Å². The zero-order valence-corrected chi connectivity index (χ0v) is 15.1. The number of nitrogens with one attached hydrogen (secondary N) is 1. The van der Waals surface area contributed by atoms with E-state index in [0.717, 1.165) is 11.3 Å². The van der Waals surface area contributed by atoms with Crippen LogP contribution in [-0.2, 0) is 0 Å². The van der Waals surface area contributed by atoms with Crippen LogP contribution in [0.5, 0.6) is 11.5 Å². The van der Waals surface area contributed by atoms with E-state index in [1.54, 1.807) is 35.2 Å². The summed E-state index contributed by atoms with van der Waals surface area (Å²) in [5.41, 5.74) is 2.02. The van der Waals surface area contributed by atoms with E-state index in [1.165, 1.54) is 19.4 Å². The Morgan fingerprint density at radius 3 is 2.74 bits per heavy atom. The van der Waals surface area contributed by atoms with Gasteiger partial charge in [-0.25, -0.2) is 4.98 Å². The summed E-state index contributed by atoms with van der Waals surface area (Å²) in [5.74, 6) is 0.629. The van der Waals surface area contributed by atoms with Crippen LogP contribution in [-0.4, -0.2) is 23.1 Å². The highest BCUT2D eigenvalue weighted by atomic mass is 35.5. The van der Waals surface area contributed by atoms with Crippen molar-refractivity contribution in [3.8, 4) is 11.5 Å². The highest BCUT2D eigenvalue weighted by molar-refractivity contribution is 6.30. The minimum Gasteiger partial charge on any atom is -0.504 e. The van der Waals surface area contributed by atoms with Crippen molar-refractivity contribution >= 4 is 29.0 Å². The minimum absolute atomic E-state index is 0.0277. The molecule has 1 aliphatic rings. The average molecular weight is 382 g/mol. The van der Waals surface area contributed by atoms with Crippen LogP contribution in [0.15, 0.2) is 60.8 Å². The molecule has 0 saturated heterocycles. The van der Waals surface area contributed by atoms with Gasteiger partial charge in [0.2, 0.25) is 0 Å². The molecule has 0 radical (unpaired) electrons. The molecule has 2 heterocycles. The van der Waals surface area contributed by atoms with Gasteiger partial charge in [0.25, 0.3) is 5.91 Å². The maximum absolute atomic E-state index is 13.2. The van der Waals surface area contributed by atoms with E-state index in [0.29, 0.717) is 22.2 Å². The third-order valence-corrected chi connectivity index (χ3v) is 4.63. The Bertz CT molecular complexity index is 1010. The van der Waals surface area contributed by atoms with Crippen LogP contribution in [0.2, 0.25) is 5.02 Å². The van der Waals surface area contributed by atoms with Crippen LogP contribution in [0, 0.1) is 0 Å². The number of carbonyl (C=O) groups is 1. The first kappa shape index (κ1) is 17.2. The number of para-hydroxylation sites is 1. The molecule has 1 amide bonds. The summed E-state index contributed by atoms with van der Waals surface area (Å²) < 4.78 is 5.22. The van der Waals surface area contributed by atoms with Gasteiger partial charge < -0.3 is 15.2 Å². The van der Waals surface area contributed by atoms with E-state index < -0.39 is 6.17 Å². The number of aromatic nitrogens is 1. The molecule has 0 saturated carbocycles. The van der Waals surface area contributed by atoms with Crippen LogP contribution in [0.4, 0.5) is 11.5 Å². The number of halogens is 1. The summed E-state index contributed by atoms with van der Waals surface area (Å²) in [6.07, 6.45) is 0.967. The Morgan fingerprint density at radius 1 is 1.19 bits per heavy atom. The van der Waals surface area contributed by atoms with Crippen LogP contribution < -0.4 is 15.0 Å². The molecule has 1 atom stereocenters. The Morgan fingerprint density at radius 2 is 2.00 bits per heavy atom. The highest BCUT2D eigenvalue weighted by Gasteiger charge is 2.35. The number of hydrogen-bond acceptors (Lipinski definition) is 5. The molecule has 2 N–H and O–H groups in total. The molecule has 1 aromatic heterocycles. The zero-order chi connectivity index (χ0) is 19.0. The molecule has 4 rings (SSSR count). The Balaban J connectivity index is 1.86. The number of phenols is 1. The number of benzene rings is 2. The lowest BCUT2D eigenvalue weighted by Gasteiger charge is -2.37. The summed E-state index contributed by atoms with van der Waals surface area (Å²) >= 11 is 5.95. The fraction of sp³-hybridized carbons (Fsp3) is 0.100. The monoisotopic (exact) mass is 381 g/mol. The molecule has 2 aromatic carbocycles. The molecule has 0 aliphatic carbocycles. The van der Waals surface area contributed by atoms with E-state index in [9.17, 15) is 9.90 Å². The number of fused-ring (bicyclic) bond motifs is 1. The molecule has 3 aromatic rings. The van der Waals surface area contributed by atoms with Gasteiger partial charge in [-0.05, 0) is 42.0 Å². The first-order valence-corrected chi connectivity index (χ1v) is 8.64. The number of ether oxygens (including phenoxy) is 1. The fourth-order valence-corrected chi connectivity index (χ4v) is 3.21. The summed E-state index contributed by atoms with van der Waals surface area (Å²) in [5, 5.41) is 13.8. The first-order chi connectivity index (χ1) is 13.1. The topological polar surface area (TPSA) is 74.7 Å². The Hall–Kier alpha value is -3.25. The second-order valence-corrected chi connectivity index (χ2v) is 6.47. The predicted octanol–water partition coefficient (Wildman–Crippen LogP) is 4.22. The number of anilines is 2. The van der Waals surface area contributed by atoms with E-state index in [4.69, 9.17) is 16.3 Å². The molecule has 27 heavy (non-hydrogen) atoms. The second kappa shape index (κ2) is 6.81.